The SMILES string of the molecule is CN(C)CCCN1C[C@@H]2[C@H](CNC(=O)c3cccc(F)c3)[C@H]3CC[C@]2(C1)O3. The summed E-state index contributed by atoms with van der Waals surface area (Å²) in [5, 5.41) is 3.02. The molecular formula is C21H30FN3O2. The molecule has 4 rings (SSSR count). The number of hydrogen-bond donors (Lipinski definition) is 1. The molecule has 27 heavy (non-hydrogen) atoms. The van der Waals surface area contributed by atoms with Crippen molar-refractivity contribution in [1.82, 2.24) is 15.1 Å². The van der Waals surface area contributed by atoms with E-state index in [1.54, 1.807) is 12.1 Å². The van der Waals surface area contributed by atoms with Gasteiger partial charge in [0.2, 0.25) is 0 Å². The van der Waals surface area contributed by atoms with Gasteiger partial charge in [-0.05, 0) is 64.6 Å². The van der Waals surface area contributed by atoms with Crippen molar-refractivity contribution in [2.75, 3.05) is 46.8 Å². The number of benzene rings is 1. The smallest absolute Gasteiger partial charge is 0.251 e. The highest BCUT2D eigenvalue weighted by Crippen LogP contribution is 2.54. The number of nitrogens with zero attached hydrogens (tertiary/aromatic N) is 2. The lowest BCUT2D eigenvalue weighted by molar-refractivity contribution is 0.00260. The molecule has 148 valence electrons. The molecule has 1 aromatic carbocycles. The highest BCUT2D eigenvalue weighted by molar-refractivity contribution is 5.94. The summed E-state index contributed by atoms with van der Waals surface area (Å²) in [6.07, 6.45) is 3.65. The van der Waals surface area contributed by atoms with Crippen LogP contribution < -0.4 is 5.32 Å². The fourth-order valence-electron chi connectivity index (χ4n) is 5.28. The number of carbonyl (C=O) groups excluding carboxylic acids is 1. The van der Waals surface area contributed by atoms with E-state index >= 15 is 0 Å². The summed E-state index contributed by atoms with van der Waals surface area (Å²) in [4.78, 5) is 17.1. The zero-order chi connectivity index (χ0) is 19.0. The average Bonchev–Trinajstić information content (AvgIpc) is 3.27. The van der Waals surface area contributed by atoms with Crippen molar-refractivity contribution >= 4 is 5.91 Å². The standard InChI is InChI=1S/C21H30FN3O2/c1-24(2)9-4-10-25-13-18-17(19-7-8-21(18,14-25)27-19)12-23-20(26)15-5-3-6-16(22)11-15/h3,5-6,11,17-19H,4,7-10,12-14H2,1-2H3,(H,23,26)/t17-,18+,19+,21+/m0/s1. The van der Waals surface area contributed by atoms with Gasteiger partial charge in [0.15, 0.2) is 0 Å². The molecule has 1 amide bonds. The predicted octanol–water partition coefficient (Wildman–Crippen LogP) is 1.99. The molecule has 1 aromatic rings. The molecule has 1 N–H and O–H groups in total. The summed E-state index contributed by atoms with van der Waals surface area (Å²) in [5.74, 6) is 0.264. The molecule has 3 heterocycles. The Hall–Kier alpha value is -1.50. The van der Waals surface area contributed by atoms with E-state index in [4.69, 9.17) is 4.74 Å². The molecule has 0 saturated carbocycles. The minimum absolute atomic E-state index is 0.00294. The maximum Gasteiger partial charge on any atom is 0.251 e. The second-order valence-corrected chi connectivity index (χ2v) is 8.64. The minimum Gasteiger partial charge on any atom is -0.370 e. The van der Waals surface area contributed by atoms with E-state index in [0.29, 0.717) is 23.9 Å². The van der Waals surface area contributed by atoms with E-state index in [2.05, 4.69) is 29.2 Å². The van der Waals surface area contributed by atoms with Gasteiger partial charge in [-0.2, -0.15) is 0 Å². The number of amides is 1. The largest absolute Gasteiger partial charge is 0.370 e. The summed E-state index contributed by atoms with van der Waals surface area (Å²) in [5.41, 5.74) is 0.377. The molecule has 0 aliphatic carbocycles. The number of fused-ring (bicyclic) bond motifs is 1. The Bertz CT molecular complexity index is 698. The van der Waals surface area contributed by atoms with Crippen LogP contribution in [0.4, 0.5) is 4.39 Å². The molecule has 3 saturated heterocycles. The van der Waals surface area contributed by atoms with Gasteiger partial charge in [0, 0.05) is 37.0 Å². The third kappa shape index (κ3) is 3.75. The Labute approximate surface area is 160 Å². The van der Waals surface area contributed by atoms with Crippen molar-refractivity contribution < 1.29 is 13.9 Å². The summed E-state index contributed by atoms with van der Waals surface area (Å²) in [7, 11) is 4.22. The van der Waals surface area contributed by atoms with Crippen molar-refractivity contribution in [1.29, 1.82) is 0 Å². The van der Waals surface area contributed by atoms with E-state index in [1.165, 1.54) is 18.6 Å². The van der Waals surface area contributed by atoms with Gasteiger partial charge >= 0.3 is 0 Å². The lowest BCUT2D eigenvalue weighted by Crippen LogP contribution is -2.41. The Morgan fingerprint density at radius 3 is 3.07 bits per heavy atom. The third-order valence-corrected chi connectivity index (χ3v) is 6.52. The van der Waals surface area contributed by atoms with Gasteiger partial charge in [-0.3, -0.25) is 4.79 Å². The van der Waals surface area contributed by atoms with Gasteiger partial charge < -0.3 is 19.9 Å². The summed E-state index contributed by atoms with van der Waals surface area (Å²) in [6, 6.07) is 5.87. The number of nitrogens with one attached hydrogen (secondary N) is 1. The molecule has 1 spiro atoms. The van der Waals surface area contributed by atoms with E-state index in [-0.39, 0.29) is 23.4 Å². The Morgan fingerprint density at radius 1 is 1.44 bits per heavy atom. The summed E-state index contributed by atoms with van der Waals surface area (Å²) < 4.78 is 19.8. The van der Waals surface area contributed by atoms with Gasteiger partial charge in [0.05, 0.1) is 11.7 Å². The Kier molecular flexibility index (Phi) is 5.23. The van der Waals surface area contributed by atoms with Crippen molar-refractivity contribution in [3.63, 3.8) is 0 Å². The van der Waals surface area contributed by atoms with Crippen LogP contribution >= 0.6 is 0 Å². The molecule has 3 fully saturated rings. The topological polar surface area (TPSA) is 44.8 Å². The second-order valence-electron chi connectivity index (χ2n) is 8.64. The van der Waals surface area contributed by atoms with Crippen LogP contribution in [0.3, 0.4) is 0 Å². The normalized spacial score (nSPS) is 32.2. The van der Waals surface area contributed by atoms with Crippen LogP contribution in [0.5, 0.6) is 0 Å². The third-order valence-electron chi connectivity index (χ3n) is 6.52. The van der Waals surface area contributed by atoms with Gasteiger partial charge in [0.25, 0.3) is 5.91 Å². The fraction of sp³-hybridized carbons (Fsp3) is 0.667. The quantitative estimate of drug-likeness (QED) is 0.792. The monoisotopic (exact) mass is 375 g/mol. The lowest BCUT2D eigenvalue weighted by Gasteiger charge is -2.29. The van der Waals surface area contributed by atoms with Crippen LogP contribution in [0.15, 0.2) is 24.3 Å². The molecule has 0 unspecified atom stereocenters. The first kappa shape index (κ1) is 18.8. The highest BCUT2D eigenvalue weighted by Gasteiger charge is 2.62. The Morgan fingerprint density at radius 2 is 2.30 bits per heavy atom. The number of rotatable bonds is 7. The van der Waals surface area contributed by atoms with Gasteiger partial charge in [-0.1, -0.05) is 6.07 Å². The van der Waals surface area contributed by atoms with Crippen LogP contribution in [0.1, 0.15) is 29.6 Å². The van der Waals surface area contributed by atoms with E-state index < -0.39 is 0 Å². The highest BCUT2D eigenvalue weighted by atomic mass is 19.1. The number of likely N-dealkylation sites (tertiary alicyclic amines) is 1. The van der Waals surface area contributed by atoms with E-state index in [1.807, 2.05) is 0 Å². The first-order valence-corrected chi connectivity index (χ1v) is 10.1. The Balaban J connectivity index is 1.35. The van der Waals surface area contributed by atoms with E-state index in [9.17, 15) is 9.18 Å². The van der Waals surface area contributed by atoms with Gasteiger partial charge in [-0.25, -0.2) is 4.39 Å². The second kappa shape index (κ2) is 7.49. The van der Waals surface area contributed by atoms with Crippen molar-refractivity contribution in [3.8, 4) is 0 Å². The summed E-state index contributed by atoms with van der Waals surface area (Å²) in [6.45, 7) is 4.90. The molecule has 0 aromatic heterocycles. The number of carbonyl (C=O) groups is 1. The minimum atomic E-state index is -0.381. The van der Waals surface area contributed by atoms with Gasteiger partial charge in [-0.15, -0.1) is 0 Å². The zero-order valence-corrected chi connectivity index (χ0v) is 16.3. The maximum atomic E-state index is 13.4. The molecule has 0 radical (unpaired) electrons. The molecule has 6 heteroatoms. The fourth-order valence-corrected chi connectivity index (χ4v) is 5.28. The summed E-state index contributed by atoms with van der Waals surface area (Å²) >= 11 is 0. The van der Waals surface area contributed by atoms with Crippen LogP contribution in [0.25, 0.3) is 0 Å². The molecule has 4 atom stereocenters. The van der Waals surface area contributed by atoms with Crippen LogP contribution in [-0.4, -0.2) is 74.2 Å². The molecular weight excluding hydrogens is 345 g/mol. The van der Waals surface area contributed by atoms with E-state index in [0.717, 1.165) is 39.0 Å². The van der Waals surface area contributed by atoms with Crippen LogP contribution in [0, 0.1) is 17.7 Å². The molecule has 5 nitrogen and oxygen atoms in total. The van der Waals surface area contributed by atoms with Crippen molar-refractivity contribution in [2.24, 2.45) is 11.8 Å². The number of hydrogen-bond acceptors (Lipinski definition) is 4. The van der Waals surface area contributed by atoms with Crippen molar-refractivity contribution in [2.45, 2.75) is 31.0 Å². The lowest BCUT2D eigenvalue weighted by atomic mass is 9.73. The first-order chi connectivity index (χ1) is 13.0. The molecule has 3 aliphatic rings. The zero-order valence-electron chi connectivity index (χ0n) is 16.3. The maximum absolute atomic E-state index is 13.4. The van der Waals surface area contributed by atoms with Crippen LogP contribution in [-0.2, 0) is 4.74 Å². The van der Waals surface area contributed by atoms with Crippen molar-refractivity contribution in [3.05, 3.63) is 35.6 Å². The van der Waals surface area contributed by atoms with Crippen LogP contribution in [0.2, 0.25) is 0 Å². The number of ether oxygens (including phenoxy) is 1. The average molecular weight is 375 g/mol. The van der Waals surface area contributed by atoms with Gasteiger partial charge in [0.1, 0.15) is 5.82 Å². The molecule has 2 bridgehead atoms. The first-order valence-electron chi connectivity index (χ1n) is 10.1. The number of halogens is 1. The predicted molar refractivity (Wildman–Crippen MR) is 102 cm³/mol. The molecule has 3 aliphatic heterocycles.